The molecule has 0 radical (unpaired) electrons. The number of halogens is 1. The molecule has 0 spiro atoms. The van der Waals surface area contributed by atoms with Crippen LogP contribution in [0.15, 0.2) is 30.3 Å². The Morgan fingerprint density at radius 1 is 1.00 bits per heavy atom. The van der Waals surface area contributed by atoms with Gasteiger partial charge in [0.2, 0.25) is 11.8 Å². The summed E-state index contributed by atoms with van der Waals surface area (Å²) in [7, 11) is 0. The van der Waals surface area contributed by atoms with Crippen molar-refractivity contribution in [3.63, 3.8) is 0 Å². The quantitative estimate of drug-likeness (QED) is 0.796. The lowest BCUT2D eigenvalue weighted by atomic mass is 9.71. The third-order valence-corrected chi connectivity index (χ3v) is 4.39. The van der Waals surface area contributed by atoms with Gasteiger partial charge in [-0.3, -0.25) is 25.1 Å². The van der Waals surface area contributed by atoms with E-state index < -0.39 is 29.3 Å². The minimum absolute atomic E-state index is 0. The summed E-state index contributed by atoms with van der Waals surface area (Å²) in [5.41, 5.74) is -0.863. The number of nitrogens with one attached hydrogen (secondary N) is 2. The summed E-state index contributed by atoms with van der Waals surface area (Å²) in [6, 6.07) is 7.71. The number of rotatable bonds is 5. The number of nitrogens with zero attached hydrogens (tertiary/aromatic N) is 1. The fourth-order valence-corrected chi connectivity index (χ4v) is 3.17. The molecule has 1 aromatic carbocycles. The predicted molar refractivity (Wildman–Crippen MR) is 89.4 cm³/mol. The Bertz CT molecular complexity index is 567. The zero-order valence-corrected chi connectivity index (χ0v) is 14.3. The van der Waals surface area contributed by atoms with E-state index in [1.165, 1.54) is 0 Å². The molecule has 0 saturated carbocycles. The Hall–Kier alpha value is -1.92. The molecule has 1 fully saturated rings. The molecule has 2 N–H and O–H groups in total. The van der Waals surface area contributed by atoms with Crippen LogP contribution in [0.2, 0.25) is 0 Å². The third-order valence-electron chi connectivity index (χ3n) is 4.39. The molecule has 0 aliphatic carbocycles. The van der Waals surface area contributed by atoms with E-state index in [4.69, 9.17) is 0 Å². The van der Waals surface area contributed by atoms with Gasteiger partial charge in [-0.15, -0.1) is 12.4 Å². The number of hydrogen-bond donors (Lipinski definition) is 2. The van der Waals surface area contributed by atoms with Gasteiger partial charge in [-0.05, 0) is 25.6 Å². The van der Waals surface area contributed by atoms with Crippen molar-refractivity contribution in [2.24, 2.45) is 0 Å². The van der Waals surface area contributed by atoms with Gasteiger partial charge in [0.05, 0.1) is 0 Å². The fraction of sp³-hybridized carbons (Fsp3) is 0.438. The first-order chi connectivity index (χ1) is 10.5. The van der Waals surface area contributed by atoms with Gasteiger partial charge >= 0.3 is 6.03 Å². The highest BCUT2D eigenvalue weighted by Crippen LogP contribution is 2.33. The van der Waals surface area contributed by atoms with Crippen molar-refractivity contribution in [1.29, 1.82) is 0 Å². The number of hydrogen-bond acceptors (Lipinski definition) is 4. The van der Waals surface area contributed by atoms with E-state index in [1.807, 2.05) is 31.7 Å². The van der Waals surface area contributed by atoms with Crippen molar-refractivity contribution < 1.29 is 14.4 Å². The zero-order valence-electron chi connectivity index (χ0n) is 13.5. The molecule has 4 amide bonds. The van der Waals surface area contributed by atoms with Crippen molar-refractivity contribution in [1.82, 2.24) is 15.5 Å². The second-order valence-electron chi connectivity index (χ2n) is 5.31. The first-order valence-electron chi connectivity index (χ1n) is 7.44. The summed E-state index contributed by atoms with van der Waals surface area (Å²) < 4.78 is 0. The number of benzene rings is 1. The van der Waals surface area contributed by atoms with E-state index in [2.05, 4.69) is 10.6 Å². The van der Waals surface area contributed by atoms with Gasteiger partial charge in [0.1, 0.15) is 0 Å². The van der Waals surface area contributed by atoms with Crippen LogP contribution in [0.4, 0.5) is 4.79 Å². The number of barbiturate groups is 1. The normalized spacial score (nSPS) is 18.0. The topological polar surface area (TPSA) is 78.5 Å². The lowest BCUT2D eigenvalue weighted by Gasteiger charge is -2.43. The second kappa shape index (κ2) is 7.57. The lowest BCUT2D eigenvalue weighted by molar-refractivity contribution is -0.142. The minimum atomic E-state index is -1.44. The molecule has 1 aromatic rings. The largest absolute Gasteiger partial charge is 0.328 e. The molecule has 7 heteroatoms. The highest BCUT2D eigenvalue weighted by atomic mass is 35.5. The smallest absolute Gasteiger partial charge is 0.299 e. The Morgan fingerprint density at radius 3 is 1.91 bits per heavy atom. The van der Waals surface area contributed by atoms with Crippen molar-refractivity contribution >= 4 is 30.3 Å². The number of imide groups is 2. The van der Waals surface area contributed by atoms with Gasteiger partial charge in [0.15, 0.2) is 5.41 Å². The van der Waals surface area contributed by atoms with Crippen LogP contribution < -0.4 is 10.6 Å². The van der Waals surface area contributed by atoms with Crippen molar-refractivity contribution in [2.75, 3.05) is 13.1 Å². The molecule has 126 valence electrons. The molecular weight excluding hydrogens is 318 g/mol. The number of urea groups is 1. The summed E-state index contributed by atoms with van der Waals surface area (Å²) in [6.07, 6.45) is 0. The molecule has 23 heavy (non-hydrogen) atoms. The maximum absolute atomic E-state index is 12.7. The summed E-state index contributed by atoms with van der Waals surface area (Å²) in [4.78, 5) is 38.9. The maximum Gasteiger partial charge on any atom is 0.328 e. The van der Waals surface area contributed by atoms with Crippen LogP contribution in [0.25, 0.3) is 0 Å². The molecule has 1 atom stereocenters. The van der Waals surface area contributed by atoms with Crippen LogP contribution in [0.5, 0.6) is 0 Å². The van der Waals surface area contributed by atoms with Gasteiger partial charge in [-0.2, -0.15) is 0 Å². The summed E-state index contributed by atoms with van der Waals surface area (Å²) >= 11 is 0. The summed E-state index contributed by atoms with van der Waals surface area (Å²) in [5.74, 6) is -1.15. The number of amides is 4. The molecule has 1 unspecified atom stereocenters. The highest BCUT2D eigenvalue weighted by Gasteiger charge is 2.56. The number of likely N-dealkylation sites (N-methyl/N-ethyl adjacent to an activating group) is 1. The highest BCUT2D eigenvalue weighted by molar-refractivity contribution is 6.23. The average molecular weight is 340 g/mol. The fourth-order valence-electron chi connectivity index (χ4n) is 3.17. The second-order valence-corrected chi connectivity index (χ2v) is 5.31. The number of carbonyl (C=O) groups is 3. The van der Waals surface area contributed by atoms with Gasteiger partial charge in [0, 0.05) is 6.04 Å². The molecule has 1 aliphatic rings. The monoisotopic (exact) mass is 339 g/mol. The van der Waals surface area contributed by atoms with E-state index in [0.717, 1.165) is 0 Å². The average Bonchev–Trinajstić information content (AvgIpc) is 2.49. The van der Waals surface area contributed by atoms with Crippen LogP contribution in [-0.4, -0.2) is 41.9 Å². The molecule has 0 bridgehead atoms. The Balaban J connectivity index is 0.00000264. The van der Waals surface area contributed by atoms with E-state index in [1.54, 1.807) is 24.3 Å². The van der Waals surface area contributed by atoms with Crippen LogP contribution in [0, 0.1) is 0 Å². The third kappa shape index (κ3) is 3.09. The lowest BCUT2D eigenvalue weighted by Crippen LogP contribution is -2.70. The maximum atomic E-state index is 12.7. The van der Waals surface area contributed by atoms with Crippen LogP contribution in [0.3, 0.4) is 0 Å². The predicted octanol–water partition coefficient (Wildman–Crippen LogP) is 1.44. The number of carbonyl (C=O) groups excluding carboxylic acids is 3. The molecule has 1 heterocycles. The Kier molecular flexibility index (Phi) is 6.29. The van der Waals surface area contributed by atoms with Crippen LogP contribution in [-0.2, 0) is 15.0 Å². The van der Waals surface area contributed by atoms with Gasteiger partial charge in [-0.1, -0.05) is 44.2 Å². The first-order valence-corrected chi connectivity index (χ1v) is 7.44. The van der Waals surface area contributed by atoms with Crippen LogP contribution in [0.1, 0.15) is 26.3 Å². The van der Waals surface area contributed by atoms with Crippen molar-refractivity contribution in [3.8, 4) is 0 Å². The van der Waals surface area contributed by atoms with Gasteiger partial charge < -0.3 is 0 Å². The molecule has 0 aromatic heterocycles. The van der Waals surface area contributed by atoms with Crippen LogP contribution >= 0.6 is 12.4 Å². The Labute approximate surface area is 142 Å². The van der Waals surface area contributed by atoms with E-state index in [9.17, 15) is 14.4 Å². The van der Waals surface area contributed by atoms with Crippen molar-refractivity contribution in [2.45, 2.75) is 32.2 Å². The molecule has 1 saturated heterocycles. The Morgan fingerprint density at radius 2 is 1.48 bits per heavy atom. The van der Waals surface area contributed by atoms with E-state index in [0.29, 0.717) is 18.7 Å². The molecule has 6 nitrogen and oxygen atoms in total. The first kappa shape index (κ1) is 19.1. The zero-order chi connectivity index (χ0) is 16.3. The SMILES string of the molecule is CCN(CC)C(C)C1(c2ccccc2)C(=O)NC(=O)NC1=O.Cl. The van der Waals surface area contributed by atoms with E-state index in [-0.39, 0.29) is 12.4 Å². The van der Waals surface area contributed by atoms with E-state index >= 15 is 0 Å². The summed E-state index contributed by atoms with van der Waals surface area (Å²) in [6.45, 7) is 7.18. The minimum Gasteiger partial charge on any atom is -0.299 e. The summed E-state index contributed by atoms with van der Waals surface area (Å²) in [5, 5.41) is 4.49. The van der Waals surface area contributed by atoms with Crippen molar-refractivity contribution in [3.05, 3.63) is 35.9 Å². The standard InChI is InChI=1S/C16H21N3O3.ClH/c1-4-19(5-2)11(3)16(12-9-7-6-8-10-12)13(20)17-15(22)18-14(16)21;/h6-11H,4-5H2,1-3H3,(H2,17,18,20,21,22);1H. The van der Waals surface area contributed by atoms with Gasteiger partial charge in [-0.25, -0.2) is 4.79 Å². The molecule has 1 aliphatic heterocycles. The van der Waals surface area contributed by atoms with Gasteiger partial charge in [0.25, 0.3) is 0 Å². The molecule has 2 rings (SSSR count). The molecular formula is C16H22ClN3O3.